The molecular weight excluding hydrogens is 416 g/mol. The molecule has 6 nitrogen and oxygen atoms in total. The molecule has 0 saturated carbocycles. The van der Waals surface area contributed by atoms with Crippen molar-refractivity contribution < 1.29 is 19.1 Å². The first-order valence-corrected chi connectivity index (χ1v) is 11.3. The quantitative estimate of drug-likeness (QED) is 0.601. The van der Waals surface area contributed by atoms with Gasteiger partial charge < -0.3 is 19.3 Å². The molecule has 1 fully saturated rings. The Hall–Kier alpha value is -3.28. The molecule has 1 saturated heterocycles. The normalized spacial score (nSPS) is 15.8. The number of likely N-dealkylation sites (tertiary alicyclic amines) is 1. The van der Waals surface area contributed by atoms with Crippen molar-refractivity contribution in [2.45, 2.75) is 51.9 Å². The van der Waals surface area contributed by atoms with Gasteiger partial charge in [-0.1, -0.05) is 49.1 Å². The van der Waals surface area contributed by atoms with Crippen molar-refractivity contribution in [1.82, 2.24) is 9.80 Å². The van der Waals surface area contributed by atoms with Gasteiger partial charge in [0.05, 0.1) is 12.5 Å². The Morgan fingerprint density at radius 1 is 1.18 bits per heavy atom. The van der Waals surface area contributed by atoms with E-state index in [9.17, 15) is 9.59 Å². The molecule has 1 aliphatic heterocycles. The molecule has 2 amide bonds. The highest BCUT2D eigenvalue weighted by atomic mass is 16.6. The van der Waals surface area contributed by atoms with Gasteiger partial charge in [-0.3, -0.25) is 4.79 Å². The first-order chi connectivity index (χ1) is 15.7. The smallest absolute Gasteiger partial charge is 0.410 e. The number of benzene rings is 2. The fourth-order valence-electron chi connectivity index (χ4n) is 3.78. The van der Waals surface area contributed by atoms with E-state index in [0.717, 1.165) is 23.1 Å². The number of rotatable bonds is 7. The molecule has 0 radical (unpaired) electrons. The van der Waals surface area contributed by atoms with E-state index in [1.54, 1.807) is 22.9 Å². The average Bonchev–Trinajstić information content (AvgIpc) is 3.27. The standard InChI is InChI=1S/C27H34N2O4/c1-6-20-12-13-24(32-19-21-10-8-7-9-11-21)22(16-20)17-25(30)28(5)23-14-15-29(18-23)26(31)33-27(2,3)4/h6-13,16,23H,1,14-15,17-19H2,2-5H3/t23-/m0/s1. The third-order valence-electron chi connectivity index (χ3n) is 5.66. The van der Waals surface area contributed by atoms with Gasteiger partial charge >= 0.3 is 6.09 Å². The SMILES string of the molecule is C=Cc1ccc(OCc2ccccc2)c(CC(=O)N(C)[C@H]2CCN(C(=O)OC(C)(C)C)C2)c1. The highest BCUT2D eigenvalue weighted by Crippen LogP contribution is 2.25. The van der Waals surface area contributed by atoms with Gasteiger partial charge in [-0.25, -0.2) is 4.79 Å². The molecule has 0 aliphatic carbocycles. The summed E-state index contributed by atoms with van der Waals surface area (Å²) < 4.78 is 11.5. The van der Waals surface area contributed by atoms with Crippen LogP contribution in [0.15, 0.2) is 55.1 Å². The van der Waals surface area contributed by atoms with Gasteiger partial charge in [-0.2, -0.15) is 0 Å². The molecule has 0 spiro atoms. The first-order valence-electron chi connectivity index (χ1n) is 11.3. The summed E-state index contributed by atoms with van der Waals surface area (Å²) in [5, 5.41) is 0. The predicted octanol–water partition coefficient (Wildman–Crippen LogP) is 4.92. The van der Waals surface area contributed by atoms with E-state index in [1.807, 2.05) is 69.3 Å². The number of amides is 2. The molecule has 6 heteroatoms. The first kappa shape index (κ1) is 24.4. The van der Waals surface area contributed by atoms with Crippen molar-refractivity contribution in [3.63, 3.8) is 0 Å². The number of carbonyl (C=O) groups excluding carboxylic acids is 2. The Bertz CT molecular complexity index is 981. The van der Waals surface area contributed by atoms with E-state index in [-0.39, 0.29) is 24.5 Å². The monoisotopic (exact) mass is 450 g/mol. The lowest BCUT2D eigenvalue weighted by molar-refractivity contribution is -0.131. The van der Waals surface area contributed by atoms with Crippen LogP contribution in [0.3, 0.4) is 0 Å². The van der Waals surface area contributed by atoms with Gasteiger partial charge in [-0.15, -0.1) is 0 Å². The average molecular weight is 451 g/mol. The molecule has 0 bridgehead atoms. The molecule has 1 aliphatic rings. The second kappa shape index (κ2) is 10.6. The van der Waals surface area contributed by atoms with Crippen molar-refractivity contribution in [3.05, 3.63) is 71.8 Å². The van der Waals surface area contributed by atoms with Crippen LogP contribution in [0.1, 0.15) is 43.9 Å². The van der Waals surface area contributed by atoms with Crippen LogP contribution >= 0.6 is 0 Å². The molecule has 33 heavy (non-hydrogen) atoms. The minimum Gasteiger partial charge on any atom is -0.489 e. The van der Waals surface area contributed by atoms with E-state index in [2.05, 4.69) is 6.58 Å². The number of carbonyl (C=O) groups is 2. The Kier molecular flexibility index (Phi) is 7.79. The van der Waals surface area contributed by atoms with Crippen molar-refractivity contribution >= 4 is 18.1 Å². The van der Waals surface area contributed by atoms with E-state index < -0.39 is 5.60 Å². The molecule has 3 rings (SSSR count). The molecule has 0 N–H and O–H groups in total. The third-order valence-corrected chi connectivity index (χ3v) is 5.66. The van der Waals surface area contributed by atoms with E-state index in [4.69, 9.17) is 9.47 Å². The topological polar surface area (TPSA) is 59.1 Å². The van der Waals surface area contributed by atoms with Gasteiger partial charge in [-0.05, 0) is 50.5 Å². The number of hydrogen-bond donors (Lipinski definition) is 0. The number of nitrogens with zero attached hydrogens (tertiary/aromatic N) is 2. The molecule has 2 aromatic rings. The van der Waals surface area contributed by atoms with Gasteiger partial charge in [0.25, 0.3) is 0 Å². The van der Waals surface area contributed by atoms with Crippen LogP contribution < -0.4 is 4.74 Å². The van der Waals surface area contributed by atoms with Crippen LogP contribution in [-0.4, -0.2) is 53.6 Å². The number of likely N-dealkylation sites (N-methyl/N-ethyl adjacent to an activating group) is 1. The van der Waals surface area contributed by atoms with Crippen molar-refractivity contribution in [3.8, 4) is 5.75 Å². The highest BCUT2D eigenvalue weighted by molar-refractivity contribution is 5.80. The lowest BCUT2D eigenvalue weighted by Crippen LogP contribution is -2.41. The van der Waals surface area contributed by atoms with Gasteiger partial charge in [0.15, 0.2) is 0 Å². The Balaban J connectivity index is 1.65. The fourth-order valence-corrected chi connectivity index (χ4v) is 3.78. The minimum atomic E-state index is -0.538. The lowest BCUT2D eigenvalue weighted by atomic mass is 10.1. The number of hydrogen-bond acceptors (Lipinski definition) is 4. The molecule has 1 heterocycles. The van der Waals surface area contributed by atoms with Crippen molar-refractivity contribution in [2.24, 2.45) is 0 Å². The maximum absolute atomic E-state index is 13.1. The van der Waals surface area contributed by atoms with E-state index in [1.165, 1.54) is 0 Å². The van der Waals surface area contributed by atoms with Crippen LogP contribution in [0.2, 0.25) is 0 Å². The van der Waals surface area contributed by atoms with E-state index in [0.29, 0.717) is 25.4 Å². The van der Waals surface area contributed by atoms with Crippen LogP contribution in [0.25, 0.3) is 6.08 Å². The summed E-state index contributed by atoms with van der Waals surface area (Å²) in [6.07, 6.45) is 2.37. The Morgan fingerprint density at radius 2 is 1.91 bits per heavy atom. The van der Waals surface area contributed by atoms with E-state index >= 15 is 0 Å². The molecule has 176 valence electrons. The lowest BCUT2D eigenvalue weighted by Gasteiger charge is -2.27. The van der Waals surface area contributed by atoms with Gasteiger partial charge in [0.2, 0.25) is 5.91 Å². The molecule has 0 unspecified atom stereocenters. The van der Waals surface area contributed by atoms with Gasteiger partial charge in [0, 0.05) is 25.7 Å². The molecule has 1 atom stereocenters. The second-order valence-electron chi connectivity index (χ2n) is 9.40. The molecule has 2 aromatic carbocycles. The van der Waals surface area contributed by atoms with Crippen LogP contribution in [0, 0.1) is 0 Å². The summed E-state index contributed by atoms with van der Waals surface area (Å²) in [5.74, 6) is 0.671. The maximum Gasteiger partial charge on any atom is 0.410 e. The summed E-state index contributed by atoms with van der Waals surface area (Å²) in [6.45, 7) is 10.9. The van der Waals surface area contributed by atoms with Crippen molar-refractivity contribution in [2.75, 3.05) is 20.1 Å². The maximum atomic E-state index is 13.1. The second-order valence-corrected chi connectivity index (χ2v) is 9.40. The zero-order valence-electron chi connectivity index (χ0n) is 20.0. The zero-order valence-corrected chi connectivity index (χ0v) is 20.0. The summed E-state index contributed by atoms with van der Waals surface area (Å²) in [7, 11) is 1.80. The summed E-state index contributed by atoms with van der Waals surface area (Å²) in [4.78, 5) is 28.9. The largest absolute Gasteiger partial charge is 0.489 e. The Morgan fingerprint density at radius 3 is 2.58 bits per heavy atom. The fraction of sp³-hybridized carbons (Fsp3) is 0.407. The summed E-state index contributed by atoms with van der Waals surface area (Å²) in [6, 6.07) is 15.7. The van der Waals surface area contributed by atoms with Crippen LogP contribution in [0.5, 0.6) is 5.75 Å². The third kappa shape index (κ3) is 6.85. The van der Waals surface area contributed by atoms with Crippen molar-refractivity contribution in [1.29, 1.82) is 0 Å². The summed E-state index contributed by atoms with van der Waals surface area (Å²) >= 11 is 0. The van der Waals surface area contributed by atoms with Gasteiger partial charge in [0.1, 0.15) is 18.0 Å². The molecule has 0 aromatic heterocycles. The minimum absolute atomic E-state index is 0.0168. The van der Waals surface area contributed by atoms with Crippen LogP contribution in [-0.2, 0) is 22.6 Å². The Labute approximate surface area is 196 Å². The summed E-state index contributed by atoms with van der Waals surface area (Å²) in [5.41, 5.74) is 2.28. The highest BCUT2D eigenvalue weighted by Gasteiger charge is 2.33. The zero-order chi connectivity index (χ0) is 24.0. The molecular formula is C27H34N2O4. The van der Waals surface area contributed by atoms with Crippen LogP contribution in [0.4, 0.5) is 4.79 Å². The number of ether oxygens (including phenoxy) is 2. The predicted molar refractivity (Wildman–Crippen MR) is 130 cm³/mol.